The Hall–Kier alpha value is -1.55. The standard InChI is InChI=1S/C22H32N2O2/c1-21(2)19-13-17-8-4-5-9-18(17)22(21,3)10-12-24(19)20(26)23-11-6-7-16(14-23)15-25/h4-5,8-9,16,19,25H,6-7,10-15H2,1-3H3/t16-,19-,22+/m1/s1. The Bertz CT molecular complexity index is 701. The van der Waals surface area contributed by atoms with Crippen molar-refractivity contribution in [3.63, 3.8) is 0 Å². The first-order valence-corrected chi connectivity index (χ1v) is 10.1. The van der Waals surface area contributed by atoms with Crippen LogP contribution in [0.1, 0.15) is 51.2 Å². The van der Waals surface area contributed by atoms with E-state index in [4.69, 9.17) is 0 Å². The number of hydrogen-bond acceptors (Lipinski definition) is 2. The van der Waals surface area contributed by atoms with Crippen LogP contribution in [0.3, 0.4) is 0 Å². The van der Waals surface area contributed by atoms with Crippen LogP contribution in [0.15, 0.2) is 24.3 Å². The fourth-order valence-electron chi connectivity index (χ4n) is 5.67. The van der Waals surface area contributed by atoms with Gasteiger partial charge in [-0.25, -0.2) is 4.79 Å². The van der Waals surface area contributed by atoms with Crippen LogP contribution < -0.4 is 0 Å². The van der Waals surface area contributed by atoms with Gasteiger partial charge in [-0.1, -0.05) is 45.0 Å². The van der Waals surface area contributed by atoms with Crippen LogP contribution in [0, 0.1) is 11.3 Å². The number of urea groups is 1. The summed E-state index contributed by atoms with van der Waals surface area (Å²) in [6, 6.07) is 9.23. The van der Waals surface area contributed by atoms with Gasteiger partial charge in [-0.15, -0.1) is 0 Å². The molecule has 1 aromatic carbocycles. The molecule has 1 aromatic rings. The van der Waals surface area contributed by atoms with Crippen molar-refractivity contribution in [1.82, 2.24) is 9.80 Å². The molecule has 0 radical (unpaired) electrons. The van der Waals surface area contributed by atoms with Crippen molar-refractivity contribution in [3.05, 3.63) is 35.4 Å². The van der Waals surface area contributed by atoms with Crippen LogP contribution >= 0.6 is 0 Å². The molecule has 0 unspecified atom stereocenters. The van der Waals surface area contributed by atoms with E-state index in [0.717, 1.165) is 38.8 Å². The molecule has 1 N–H and O–H groups in total. The van der Waals surface area contributed by atoms with Crippen molar-refractivity contribution in [2.24, 2.45) is 11.3 Å². The van der Waals surface area contributed by atoms with Crippen molar-refractivity contribution < 1.29 is 9.90 Å². The molecule has 3 atom stereocenters. The second-order valence-electron chi connectivity index (χ2n) is 9.29. The van der Waals surface area contributed by atoms with Crippen molar-refractivity contribution in [3.8, 4) is 0 Å². The summed E-state index contributed by atoms with van der Waals surface area (Å²) >= 11 is 0. The van der Waals surface area contributed by atoms with Crippen molar-refractivity contribution >= 4 is 6.03 Å². The molecule has 2 bridgehead atoms. The number of aliphatic hydroxyl groups is 1. The summed E-state index contributed by atoms with van der Waals surface area (Å²) in [5.74, 6) is 0.239. The minimum absolute atomic E-state index is 0.0431. The molecule has 2 fully saturated rings. The predicted octanol–water partition coefficient (Wildman–Crippen LogP) is 3.43. The van der Waals surface area contributed by atoms with Crippen LogP contribution in [-0.4, -0.2) is 53.2 Å². The quantitative estimate of drug-likeness (QED) is 0.838. The van der Waals surface area contributed by atoms with E-state index in [2.05, 4.69) is 49.9 Å². The maximum absolute atomic E-state index is 13.4. The van der Waals surface area contributed by atoms with Gasteiger partial charge in [0.25, 0.3) is 0 Å². The molecule has 26 heavy (non-hydrogen) atoms. The van der Waals surface area contributed by atoms with Gasteiger partial charge in [0, 0.05) is 37.7 Å². The zero-order valence-corrected chi connectivity index (χ0v) is 16.4. The third kappa shape index (κ3) is 2.49. The molecular formula is C22H32N2O2. The van der Waals surface area contributed by atoms with E-state index in [1.54, 1.807) is 0 Å². The Morgan fingerprint density at radius 1 is 1.23 bits per heavy atom. The number of piperidine rings is 2. The number of carbonyl (C=O) groups is 1. The summed E-state index contributed by atoms with van der Waals surface area (Å²) in [5.41, 5.74) is 3.04. The Kier molecular flexibility index (Phi) is 4.30. The number of amides is 2. The molecule has 3 aliphatic rings. The maximum atomic E-state index is 13.4. The van der Waals surface area contributed by atoms with E-state index in [-0.39, 0.29) is 35.4 Å². The number of aliphatic hydroxyl groups excluding tert-OH is 1. The molecule has 2 saturated heterocycles. The molecule has 1 aliphatic carbocycles. The number of nitrogens with zero attached hydrogens (tertiary/aromatic N) is 2. The summed E-state index contributed by atoms with van der Waals surface area (Å²) in [4.78, 5) is 17.5. The zero-order valence-electron chi connectivity index (χ0n) is 16.4. The highest BCUT2D eigenvalue weighted by atomic mass is 16.3. The molecule has 0 spiro atoms. The average Bonchev–Trinajstić information content (AvgIpc) is 2.64. The smallest absolute Gasteiger partial charge is 0.320 e. The van der Waals surface area contributed by atoms with E-state index in [9.17, 15) is 9.90 Å². The van der Waals surface area contributed by atoms with Gasteiger partial charge in [0.2, 0.25) is 0 Å². The molecule has 2 aliphatic heterocycles. The summed E-state index contributed by atoms with van der Waals surface area (Å²) in [7, 11) is 0. The van der Waals surface area contributed by atoms with Crippen LogP contribution in [0.2, 0.25) is 0 Å². The summed E-state index contributed by atoms with van der Waals surface area (Å²) in [5, 5.41) is 9.52. The van der Waals surface area contributed by atoms with Crippen LogP contribution in [0.5, 0.6) is 0 Å². The number of fused-ring (bicyclic) bond motifs is 4. The predicted molar refractivity (Wildman–Crippen MR) is 103 cm³/mol. The Morgan fingerprint density at radius 3 is 2.77 bits per heavy atom. The minimum atomic E-state index is 0.0431. The van der Waals surface area contributed by atoms with E-state index in [1.807, 2.05) is 4.90 Å². The number of hydrogen-bond donors (Lipinski definition) is 1. The molecular weight excluding hydrogens is 324 g/mol. The van der Waals surface area contributed by atoms with Crippen LogP contribution in [0.4, 0.5) is 4.79 Å². The first kappa shape index (κ1) is 17.8. The van der Waals surface area contributed by atoms with Crippen molar-refractivity contribution in [2.75, 3.05) is 26.2 Å². The number of benzene rings is 1. The van der Waals surface area contributed by atoms with Gasteiger partial charge in [-0.2, -0.15) is 0 Å². The van der Waals surface area contributed by atoms with E-state index >= 15 is 0 Å². The third-order valence-electron chi connectivity index (χ3n) is 7.80. The number of likely N-dealkylation sites (tertiary alicyclic amines) is 2. The van der Waals surface area contributed by atoms with Gasteiger partial charge < -0.3 is 14.9 Å². The first-order chi connectivity index (χ1) is 12.4. The van der Waals surface area contributed by atoms with E-state index < -0.39 is 0 Å². The largest absolute Gasteiger partial charge is 0.396 e. The molecule has 0 saturated carbocycles. The second-order valence-corrected chi connectivity index (χ2v) is 9.29. The van der Waals surface area contributed by atoms with Gasteiger partial charge in [0.15, 0.2) is 0 Å². The molecule has 2 heterocycles. The van der Waals surface area contributed by atoms with E-state index in [0.29, 0.717) is 6.54 Å². The lowest BCUT2D eigenvalue weighted by molar-refractivity contribution is -0.0262. The summed E-state index contributed by atoms with van der Waals surface area (Å²) < 4.78 is 0. The van der Waals surface area contributed by atoms with Gasteiger partial charge in [-0.05, 0) is 48.1 Å². The lowest BCUT2D eigenvalue weighted by Crippen LogP contribution is -2.66. The normalized spacial score (nSPS) is 32.9. The Labute approximate surface area is 157 Å². The van der Waals surface area contributed by atoms with Crippen LogP contribution in [0.25, 0.3) is 0 Å². The SMILES string of the molecule is CC1(C)[C@H]2Cc3ccccc3[C@]1(C)CCN2C(=O)N1CCC[C@@H](CO)C1. The molecule has 142 valence electrons. The highest BCUT2D eigenvalue weighted by molar-refractivity contribution is 5.75. The lowest BCUT2D eigenvalue weighted by Gasteiger charge is -2.61. The number of carbonyl (C=O) groups excluding carboxylic acids is 1. The van der Waals surface area contributed by atoms with E-state index in [1.165, 1.54) is 11.1 Å². The van der Waals surface area contributed by atoms with Crippen LogP contribution in [-0.2, 0) is 11.8 Å². The zero-order chi connectivity index (χ0) is 18.5. The van der Waals surface area contributed by atoms with Gasteiger partial charge in [0.1, 0.15) is 0 Å². The third-order valence-corrected chi connectivity index (χ3v) is 7.80. The summed E-state index contributed by atoms with van der Waals surface area (Å²) in [6.07, 6.45) is 3.98. The van der Waals surface area contributed by atoms with Gasteiger partial charge in [0.05, 0.1) is 0 Å². The first-order valence-electron chi connectivity index (χ1n) is 10.1. The monoisotopic (exact) mass is 356 g/mol. The van der Waals surface area contributed by atoms with Crippen molar-refractivity contribution in [1.29, 1.82) is 0 Å². The topological polar surface area (TPSA) is 43.8 Å². The minimum Gasteiger partial charge on any atom is -0.396 e. The van der Waals surface area contributed by atoms with Gasteiger partial charge in [-0.3, -0.25) is 0 Å². The molecule has 0 aromatic heterocycles. The lowest BCUT2D eigenvalue weighted by atomic mass is 9.51. The van der Waals surface area contributed by atoms with Crippen molar-refractivity contribution in [2.45, 2.75) is 57.9 Å². The highest BCUT2D eigenvalue weighted by Crippen LogP contribution is 2.56. The number of rotatable bonds is 1. The molecule has 4 nitrogen and oxygen atoms in total. The molecule has 4 rings (SSSR count). The second kappa shape index (κ2) is 6.26. The summed E-state index contributed by atoms with van der Waals surface area (Å²) in [6.45, 7) is 9.63. The fraction of sp³-hybridized carbons (Fsp3) is 0.682. The fourth-order valence-corrected chi connectivity index (χ4v) is 5.67. The maximum Gasteiger partial charge on any atom is 0.320 e. The molecule has 2 amide bonds. The van der Waals surface area contributed by atoms with Gasteiger partial charge >= 0.3 is 6.03 Å². The Balaban J connectivity index is 1.64. The Morgan fingerprint density at radius 2 is 2.00 bits per heavy atom. The average molecular weight is 357 g/mol. The highest BCUT2D eigenvalue weighted by Gasteiger charge is 2.57. The molecule has 4 heteroatoms.